The number of hydrogen-bond acceptors (Lipinski definition) is 7. The first-order chi connectivity index (χ1) is 12.6. The second-order valence-corrected chi connectivity index (χ2v) is 5.76. The molecule has 136 valence electrons. The highest BCUT2D eigenvalue weighted by Gasteiger charge is 2.46. The fourth-order valence-electron chi connectivity index (χ4n) is 2.58. The monoisotopic (exact) mass is 358 g/mol. The molecule has 7 heteroatoms. The van der Waals surface area contributed by atoms with Crippen LogP contribution in [0.1, 0.15) is 20.7 Å². The Labute approximate surface area is 149 Å². The molecule has 1 aliphatic heterocycles. The number of carbonyl (C=O) groups excluding carboxylic acids is 2. The molecular formula is C19H18O7. The minimum absolute atomic E-state index is 0.283. The average Bonchev–Trinajstić information content (AvgIpc) is 2.95. The summed E-state index contributed by atoms with van der Waals surface area (Å²) in [6.07, 6.45) is -5.13. The maximum Gasteiger partial charge on any atom is 0.338 e. The van der Waals surface area contributed by atoms with Crippen LogP contribution < -0.4 is 0 Å². The van der Waals surface area contributed by atoms with Crippen LogP contribution in [-0.2, 0) is 14.2 Å². The van der Waals surface area contributed by atoms with Gasteiger partial charge in [0.1, 0.15) is 18.8 Å². The van der Waals surface area contributed by atoms with E-state index in [2.05, 4.69) is 0 Å². The van der Waals surface area contributed by atoms with E-state index < -0.39 is 36.5 Å². The first kappa shape index (κ1) is 18.1. The summed E-state index contributed by atoms with van der Waals surface area (Å²) in [6.45, 7) is -0.283. The van der Waals surface area contributed by atoms with Gasteiger partial charge in [-0.15, -0.1) is 0 Å². The van der Waals surface area contributed by atoms with E-state index in [9.17, 15) is 19.8 Å². The number of ether oxygens (including phenoxy) is 3. The standard InChI is InChI=1S/C19H18O7/c20-15-16(26-18(22)13-9-5-2-6-10-13)14(25-19(15)23)11-24-17(21)12-7-3-1-4-8-12/h1-10,14-16,19-20,23H,11H2/t14-,15+,16-,19-/m1/s1. The number of carbonyl (C=O) groups is 2. The summed E-state index contributed by atoms with van der Waals surface area (Å²) in [5, 5.41) is 19.7. The van der Waals surface area contributed by atoms with Crippen molar-refractivity contribution in [2.75, 3.05) is 6.61 Å². The van der Waals surface area contributed by atoms with E-state index >= 15 is 0 Å². The lowest BCUT2D eigenvalue weighted by molar-refractivity contribution is -0.133. The van der Waals surface area contributed by atoms with Crippen LogP contribution in [0.15, 0.2) is 60.7 Å². The summed E-state index contributed by atoms with van der Waals surface area (Å²) in [4.78, 5) is 24.2. The van der Waals surface area contributed by atoms with E-state index in [0.29, 0.717) is 11.1 Å². The molecule has 2 aromatic rings. The smallest absolute Gasteiger partial charge is 0.338 e. The first-order valence-electron chi connectivity index (χ1n) is 8.06. The van der Waals surface area contributed by atoms with Gasteiger partial charge in [-0.2, -0.15) is 0 Å². The van der Waals surface area contributed by atoms with Gasteiger partial charge in [-0.25, -0.2) is 9.59 Å². The number of aliphatic hydroxyl groups is 2. The zero-order valence-electron chi connectivity index (χ0n) is 13.7. The number of rotatable bonds is 5. The molecular weight excluding hydrogens is 340 g/mol. The molecule has 2 aromatic carbocycles. The molecule has 0 saturated carbocycles. The van der Waals surface area contributed by atoms with Crippen LogP contribution in [0.3, 0.4) is 0 Å². The third kappa shape index (κ3) is 4.08. The van der Waals surface area contributed by atoms with Gasteiger partial charge < -0.3 is 24.4 Å². The average molecular weight is 358 g/mol. The lowest BCUT2D eigenvalue weighted by Crippen LogP contribution is -2.39. The Kier molecular flexibility index (Phi) is 5.62. The summed E-state index contributed by atoms with van der Waals surface area (Å²) in [7, 11) is 0. The molecule has 4 atom stereocenters. The first-order valence-corrected chi connectivity index (χ1v) is 8.06. The van der Waals surface area contributed by atoms with Crippen LogP contribution in [0.4, 0.5) is 0 Å². The van der Waals surface area contributed by atoms with E-state index in [1.54, 1.807) is 60.7 Å². The van der Waals surface area contributed by atoms with Gasteiger partial charge in [0, 0.05) is 0 Å². The Bertz CT molecular complexity index is 747. The van der Waals surface area contributed by atoms with Gasteiger partial charge in [-0.3, -0.25) is 0 Å². The van der Waals surface area contributed by atoms with Gasteiger partial charge in [0.05, 0.1) is 11.1 Å². The van der Waals surface area contributed by atoms with Crippen molar-refractivity contribution in [3.63, 3.8) is 0 Å². The molecule has 1 heterocycles. The van der Waals surface area contributed by atoms with E-state index in [-0.39, 0.29) is 6.61 Å². The van der Waals surface area contributed by atoms with Crippen LogP contribution in [0, 0.1) is 0 Å². The molecule has 1 saturated heterocycles. The predicted molar refractivity (Wildman–Crippen MR) is 89.3 cm³/mol. The highest BCUT2D eigenvalue weighted by molar-refractivity contribution is 5.90. The van der Waals surface area contributed by atoms with Crippen LogP contribution in [0.2, 0.25) is 0 Å². The molecule has 0 aromatic heterocycles. The molecule has 0 radical (unpaired) electrons. The summed E-state index contributed by atoms with van der Waals surface area (Å²) in [6, 6.07) is 16.6. The minimum atomic E-state index is -1.54. The molecule has 7 nitrogen and oxygen atoms in total. The van der Waals surface area contributed by atoms with Crippen LogP contribution in [-0.4, -0.2) is 53.4 Å². The predicted octanol–water partition coefficient (Wildman–Crippen LogP) is 1.15. The van der Waals surface area contributed by atoms with Gasteiger partial charge in [0.2, 0.25) is 0 Å². The highest BCUT2D eigenvalue weighted by Crippen LogP contribution is 2.24. The molecule has 1 fully saturated rings. The Morgan fingerprint density at radius 2 is 1.42 bits per heavy atom. The summed E-state index contributed by atoms with van der Waals surface area (Å²) < 4.78 is 15.6. The van der Waals surface area contributed by atoms with E-state index in [1.807, 2.05) is 0 Å². The summed E-state index contributed by atoms with van der Waals surface area (Å²) in [5.74, 6) is -1.26. The second kappa shape index (κ2) is 8.09. The fourth-order valence-corrected chi connectivity index (χ4v) is 2.58. The van der Waals surface area contributed by atoms with Gasteiger partial charge in [-0.05, 0) is 24.3 Å². The summed E-state index contributed by atoms with van der Waals surface area (Å²) in [5.41, 5.74) is 0.644. The van der Waals surface area contributed by atoms with Crippen molar-refractivity contribution in [2.24, 2.45) is 0 Å². The normalized spacial score (nSPS) is 24.8. The van der Waals surface area contributed by atoms with Crippen molar-refractivity contribution in [1.82, 2.24) is 0 Å². The van der Waals surface area contributed by atoms with Crippen molar-refractivity contribution in [3.05, 3.63) is 71.8 Å². The number of esters is 2. The SMILES string of the molecule is O=C(OC[C@H]1O[C@@H](O)[C@@H](O)[C@@H]1OC(=O)c1ccccc1)c1ccccc1. The van der Waals surface area contributed by atoms with Crippen LogP contribution in [0.25, 0.3) is 0 Å². The molecule has 1 aliphatic rings. The quantitative estimate of drug-likeness (QED) is 0.773. The Morgan fingerprint density at radius 1 is 0.885 bits per heavy atom. The largest absolute Gasteiger partial charge is 0.459 e. The molecule has 26 heavy (non-hydrogen) atoms. The molecule has 0 unspecified atom stereocenters. The number of hydrogen-bond donors (Lipinski definition) is 2. The zero-order valence-corrected chi connectivity index (χ0v) is 13.7. The van der Waals surface area contributed by atoms with Crippen LogP contribution >= 0.6 is 0 Å². The van der Waals surface area contributed by atoms with Crippen molar-refractivity contribution >= 4 is 11.9 Å². The van der Waals surface area contributed by atoms with Crippen molar-refractivity contribution in [2.45, 2.75) is 24.6 Å². The zero-order chi connectivity index (χ0) is 18.5. The number of aliphatic hydroxyl groups excluding tert-OH is 2. The lowest BCUT2D eigenvalue weighted by Gasteiger charge is -2.20. The van der Waals surface area contributed by atoms with E-state index in [0.717, 1.165) is 0 Å². The van der Waals surface area contributed by atoms with Crippen molar-refractivity contribution in [3.8, 4) is 0 Å². The van der Waals surface area contributed by atoms with E-state index in [4.69, 9.17) is 14.2 Å². The molecule has 3 rings (SSSR count). The fraction of sp³-hybridized carbons (Fsp3) is 0.263. The third-order valence-electron chi connectivity index (χ3n) is 3.95. The molecule has 0 spiro atoms. The van der Waals surface area contributed by atoms with Crippen molar-refractivity contribution < 1.29 is 34.0 Å². The Morgan fingerprint density at radius 3 is 2.00 bits per heavy atom. The topological polar surface area (TPSA) is 102 Å². The van der Waals surface area contributed by atoms with Gasteiger partial charge >= 0.3 is 11.9 Å². The molecule has 0 amide bonds. The van der Waals surface area contributed by atoms with Gasteiger partial charge in [0.15, 0.2) is 12.4 Å². The maximum absolute atomic E-state index is 12.2. The Hall–Kier alpha value is -2.74. The van der Waals surface area contributed by atoms with Gasteiger partial charge in [-0.1, -0.05) is 36.4 Å². The van der Waals surface area contributed by atoms with Crippen LogP contribution in [0.5, 0.6) is 0 Å². The Balaban J connectivity index is 1.63. The second-order valence-electron chi connectivity index (χ2n) is 5.76. The summed E-state index contributed by atoms with van der Waals surface area (Å²) >= 11 is 0. The molecule has 2 N–H and O–H groups in total. The minimum Gasteiger partial charge on any atom is -0.459 e. The van der Waals surface area contributed by atoms with E-state index in [1.165, 1.54) is 0 Å². The lowest BCUT2D eigenvalue weighted by atomic mass is 10.1. The number of benzene rings is 2. The van der Waals surface area contributed by atoms with Gasteiger partial charge in [0.25, 0.3) is 0 Å². The third-order valence-corrected chi connectivity index (χ3v) is 3.95. The highest BCUT2D eigenvalue weighted by atomic mass is 16.7. The van der Waals surface area contributed by atoms with Crippen molar-refractivity contribution in [1.29, 1.82) is 0 Å². The molecule has 0 bridgehead atoms. The maximum atomic E-state index is 12.2. The molecule has 0 aliphatic carbocycles.